The number of anilines is 1. The van der Waals surface area contributed by atoms with Gasteiger partial charge in [-0.25, -0.2) is 0 Å². The number of phenols is 1. The predicted octanol–water partition coefficient (Wildman–Crippen LogP) is 4.57. The van der Waals surface area contributed by atoms with E-state index in [9.17, 15) is 15.2 Å². The fourth-order valence-corrected chi connectivity index (χ4v) is 5.14. The summed E-state index contributed by atoms with van der Waals surface area (Å²) in [4.78, 5) is 17.0. The number of nitriles is 1. The third-order valence-electron chi connectivity index (χ3n) is 5.69. The van der Waals surface area contributed by atoms with Crippen LogP contribution in [0.1, 0.15) is 37.3 Å². The molecule has 0 bridgehead atoms. The monoisotopic (exact) mass is 435 g/mol. The molecule has 2 heterocycles. The average molecular weight is 436 g/mol. The highest BCUT2D eigenvalue weighted by atomic mass is 32.2. The smallest absolute Gasteiger partial charge is 0.229 e. The molecular formula is C24H25N3O3S. The summed E-state index contributed by atoms with van der Waals surface area (Å²) in [6.07, 6.45) is 1.20. The quantitative estimate of drug-likeness (QED) is 0.741. The molecule has 1 atom stereocenters. The molecular weight excluding hydrogens is 410 g/mol. The summed E-state index contributed by atoms with van der Waals surface area (Å²) in [6.45, 7) is 4.83. The Hall–Kier alpha value is -3.11. The number of ether oxygens (including phenoxy) is 1. The van der Waals surface area contributed by atoms with E-state index in [1.807, 2.05) is 6.92 Å². The van der Waals surface area contributed by atoms with Crippen molar-refractivity contribution >= 4 is 23.4 Å². The van der Waals surface area contributed by atoms with Crippen molar-refractivity contribution in [2.24, 2.45) is 0 Å². The second-order valence-electron chi connectivity index (χ2n) is 7.54. The lowest BCUT2D eigenvalue weighted by Gasteiger charge is -2.42. The number of carbonyl (C=O) groups excluding carboxylic acids is 1. The van der Waals surface area contributed by atoms with Gasteiger partial charge in [-0.15, -0.1) is 0 Å². The Morgan fingerprint density at radius 1 is 1.23 bits per heavy atom. The highest BCUT2D eigenvalue weighted by Crippen LogP contribution is 2.44. The number of carbonyl (C=O) groups is 1. The number of benzene rings is 2. The molecule has 0 spiro atoms. The van der Waals surface area contributed by atoms with Gasteiger partial charge in [-0.05, 0) is 48.7 Å². The van der Waals surface area contributed by atoms with Crippen LogP contribution in [0.25, 0.3) is 0 Å². The van der Waals surface area contributed by atoms with Crippen molar-refractivity contribution in [3.63, 3.8) is 0 Å². The molecule has 4 rings (SSSR count). The molecule has 2 aliphatic rings. The van der Waals surface area contributed by atoms with Crippen molar-refractivity contribution < 1.29 is 14.6 Å². The lowest BCUT2D eigenvalue weighted by Crippen LogP contribution is -2.47. The van der Waals surface area contributed by atoms with Crippen LogP contribution in [-0.2, 0) is 11.2 Å². The van der Waals surface area contributed by atoms with Gasteiger partial charge in [-0.3, -0.25) is 9.69 Å². The number of hydrogen-bond donors (Lipinski definition) is 1. The Morgan fingerprint density at radius 2 is 2.00 bits per heavy atom. The van der Waals surface area contributed by atoms with E-state index in [1.165, 1.54) is 17.3 Å². The van der Waals surface area contributed by atoms with E-state index in [2.05, 4.69) is 42.2 Å². The predicted molar refractivity (Wildman–Crippen MR) is 122 cm³/mol. The number of amides is 1. The van der Waals surface area contributed by atoms with E-state index in [0.29, 0.717) is 30.5 Å². The van der Waals surface area contributed by atoms with Gasteiger partial charge in [-0.1, -0.05) is 36.9 Å². The van der Waals surface area contributed by atoms with E-state index in [4.69, 9.17) is 4.74 Å². The van der Waals surface area contributed by atoms with Gasteiger partial charge in [0.25, 0.3) is 0 Å². The fraction of sp³-hybridized carbons (Fsp3) is 0.333. The van der Waals surface area contributed by atoms with Crippen LogP contribution in [0.2, 0.25) is 0 Å². The van der Waals surface area contributed by atoms with Crippen LogP contribution in [0.4, 0.5) is 5.69 Å². The zero-order valence-electron chi connectivity index (χ0n) is 17.7. The lowest BCUT2D eigenvalue weighted by atomic mass is 9.86. The standard InChI is InChI=1S/C24H25N3O3S/c1-3-16-5-8-18(9-6-16)26-14-27-23(29)12-19(20(13-25)24(27)31-15-26)17-7-10-21(28)22(11-17)30-4-2/h5-11,19,28H,3-4,12,14-15H2,1-2H3. The van der Waals surface area contributed by atoms with Gasteiger partial charge in [0.05, 0.1) is 35.8 Å². The number of aryl methyl sites for hydroxylation is 1. The summed E-state index contributed by atoms with van der Waals surface area (Å²) in [7, 11) is 0. The van der Waals surface area contributed by atoms with Gasteiger partial charge in [-0.2, -0.15) is 5.26 Å². The number of hydrogen-bond acceptors (Lipinski definition) is 6. The first-order valence-electron chi connectivity index (χ1n) is 10.4. The van der Waals surface area contributed by atoms with Crippen LogP contribution in [0.15, 0.2) is 53.1 Å². The Bertz CT molecular complexity index is 1060. The Kier molecular flexibility index (Phi) is 6.10. The number of nitrogens with zero attached hydrogens (tertiary/aromatic N) is 3. The summed E-state index contributed by atoms with van der Waals surface area (Å²) in [5, 5.41) is 20.7. The number of thioether (sulfide) groups is 1. The molecule has 0 saturated carbocycles. The van der Waals surface area contributed by atoms with Crippen LogP contribution in [0, 0.1) is 11.3 Å². The molecule has 160 valence electrons. The number of rotatable bonds is 5. The topological polar surface area (TPSA) is 76.8 Å². The third kappa shape index (κ3) is 4.08. The molecule has 1 amide bonds. The maximum Gasteiger partial charge on any atom is 0.229 e. The third-order valence-corrected chi connectivity index (χ3v) is 6.84. The average Bonchev–Trinajstić information content (AvgIpc) is 2.80. The molecule has 1 unspecified atom stereocenters. The first-order valence-corrected chi connectivity index (χ1v) is 11.4. The van der Waals surface area contributed by atoms with Crippen molar-refractivity contribution in [3.05, 3.63) is 64.2 Å². The van der Waals surface area contributed by atoms with E-state index in [1.54, 1.807) is 23.1 Å². The lowest BCUT2D eigenvalue weighted by molar-refractivity contribution is -0.129. The van der Waals surface area contributed by atoms with Crippen LogP contribution >= 0.6 is 11.8 Å². The van der Waals surface area contributed by atoms with E-state index in [-0.39, 0.29) is 24.0 Å². The minimum atomic E-state index is -0.341. The second-order valence-corrected chi connectivity index (χ2v) is 8.48. The van der Waals surface area contributed by atoms with Gasteiger partial charge in [0, 0.05) is 18.0 Å². The molecule has 2 aromatic rings. The van der Waals surface area contributed by atoms with Crippen molar-refractivity contribution in [1.29, 1.82) is 5.26 Å². The first kappa shape index (κ1) is 21.1. The van der Waals surface area contributed by atoms with E-state index < -0.39 is 0 Å². The second kappa shape index (κ2) is 8.94. The summed E-state index contributed by atoms with van der Waals surface area (Å²) in [5.74, 6) is 0.744. The highest BCUT2D eigenvalue weighted by molar-refractivity contribution is 8.03. The summed E-state index contributed by atoms with van der Waals surface area (Å²) >= 11 is 1.52. The minimum absolute atomic E-state index is 0.00702. The zero-order chi connectivity index (χ0) is 22.0. The number of fused-ring (bicyclic) bond motifs is 1. The van der Waals surface area contributed by atoms with Gasteiger partial charge < -0.3 is 14.7 Å². The number of allylic oxidation sites excluding steroid dienone is 1. The Labute approximate surface area is 186 Å². The van der Waals surface area contributed by atoms with E-state index in [0.717, 1.165) is 22.7 Å². The molecule has 0 aliphatic carbocycles. The first-order chi connectivity index (χ1) is 15.0. The number of phenolic OH excluding ortho intramolecular Hbond substituents is 1. The van der Waals surface area contributed by atoms with Crippen molar-refractivity contribution in [2.45, 2.75) is 32.6 Å². The highest BCUT2D eigenvalue weighted by Gasteiger charge is 2.38. The Balaban J connectivity index is 1.63. The molecule has 1 fully saturated rings. The van der Waals surface area contributed by atoms with Gasteiger partial charge >= 0.3 is 0 Å². The normalized spacial score (nSPS) is 18.6. The molecule has 2 aliphatic heterocycles. The molecule has 6 nitrogen and oxygen atoms in total. The molecule has 7 heteroatoms. The zero-order valence-corrected chi connectivity index (χ0v) is 18.5. The van der Waals surface area contributed by atoms with Gasteiger partial charge in [0.2, 0.25) is 5.91 Å². The van der Waals surface area contributed by atoms with Crippen LogP contribution in [0.3, 0.4) is 0 Å². The van der Waals surface area contributed by atoms with Gasteiger partial charge in [0.15, 0.2) is 11.5 Å². The van der Waals surface area contributed by atoms with Gasteiger partial charge in [0.1, 0.15) is 0 Å². The van der Waals surface area contributed by atoms with Crippen LogP contribution in [-0.4, -0.2) is 35.1 Å². The Morgan fingerprint density at radius 3 is 2.68 bits per heavy atom. The minimum Gasteiger partial charge on any atom is -0.504 e. The van der Waals surface area contributed by atoms with Crippen molar-refractivity contribution in [1.82, 2.24) is 4.90 Å². The summed E-state index contributed by atoms with van der Waals surface area (Å²) < 4.78 is 5.49. The molecule has 1 saturated heterocycles. The summed E-state index contributed by atoms with van der Waals surface area (Å²) in [5.41, 5.74) is 3.74. The molecule has 31 heavy (non-hydrogen) atoms. The van der Waals surface area contributed by atoms with Crippen LogP contribution < -0.4 is 9.64 Å². The molecule has 0 aromatic heterocycles. The molecule has 2 aromatic carbocycles. The molecule has 1 N–H and O–H groups in total. The van der Waals surface area contributed by atoms with Crippen LogP contribution in [0.5, 0.6) is 11.5 Å². The fourth-order valence-electron chi connectivity index (χ4n) is 3.97. The van der Waals surface area contributed by atoms with Crippen molar-refractivity contribution in [3.8, 4) is 17.6 Å². The summed E-state index contributed by atoms with van der Waals surface area (Å²) in [6, 6.07) is 15.8. The van der Waals surface area contributed by atoms with Crippen molar-refractivity contribution in [2.75, 3.05) is 24.1 Å². The maximum absolute atomic E-state index is 13.1. The van der Waals surface area contributed by atoms with E-state index >= 15 is 0 Å². The molecule has 0 radical (unpaired) electrons. The number of aromatic hydroxyl groups is 1. The maximum atomic E-state index is 13.1. The largest absolute Gasteiger partial charge is 0.504 e. The SMILES string of the molecule is CCOc1cc(C2CC(=O)N3CN(c4ccc(CC)cc4)CSC3=C2C#N)ccc1O.